The summed E-state index contributed by atoms with van der Waals surface area (Å²) in [6, 6.07) is 12.3. The van der Waals surface area contributed by atoms with Crippen LogP contribution in [0.5, 0.6) is 0 Å². The number of methoxy groups -OCH3 is 1. The van der Waals surface area contributed by atoms with Crippen molar-refractivity contribution in [3.05, 3.63) is 65.5 Å². The molecule has 27 heavy (non-hydrogen) atoms. The lowest BCUT2D eigenvalue weighted by Gasteiger charge is -2.21. The Bertz CT molecular complexity index is 821. The van der Waals surface area contributed by atoms with Crippen molar-refractivity contribution >= 4 is 23.5 Å². The molecule has 0 aromatic heterocycles. The van der Waals surface area contributed by atoms with Crippen LogP contribution in [0.2, 0.25) is 0 Å². The summed E-state index contributed by atoms with van der Waals surface area (Å²) in [6.07, 6.45) is 0.0865. The van der Waals surface area contributed by atoms with E-state index in [4.69, 9.17) is 0 Å². The van der Waals surface area contributed by atoms with Gasteiger partial charge in [-0.3, -0.25) is 9.59 Å². The lowest BCUT2D eigenvalue weighted by Crippen LogP contribution is -2.33. The Morgan fingerprint density at radius 3 is 2.44 bits per heavy atom. The van der Waals surface area contributed by atoms with E-state index in [0.717, 1.165) is 5.56 Å². The number of nitrogens with one attached hydrogen (secondary N) is 1. The molecule has 0 aliphatic rings. The molecule has 0 spiro atoms. The molecular weight excluding hydrogens is 351 g/mol. The molecule has 2 aromatic carbocycles. The van der Waals surface area contributed by atoms with Crippen LogP contribution in [0.4, 0.5) is 10.1 Å². The first-order valence-electron chi connectivity index (χ1n) is 8.38. The molecular formula is C20H21FN2O4. The molecule has 0 radical (unpaired) electrons. The summed E-state index contributed by atoms with van der Waals surface area (Å²) in [5.41, 5.74) is 1.61. The van der Waals surface area contributed by atoms with Gasteiger partial charge in [-0.05, 0) is 35.9 Å². The zero-order valence-corrected chi connectivity index (χ0v) is 15.2. The first kappa shape index (κ1) is 20.1. The summed E-state index contributed by atoms with van der Waals surface area (Å²) in [7, 11) is 1.28. The number of halogens is 1. The number of hydrogen-bond donors (Lipinski definition) is 1. The zero-order valence-electron chi connectivity index (χ0n) is 15.2. The maximum atomic E-state index is 12.9. The van der Waals surface area contributed by atoms with Crippen LogP contribution in [0.1, 0.15) is 29.3 Å². The van der Waals surface area contributed by atoms with Crippen LogP contribution in [0.3, 0.4) is 0 Å². The topological polar surface area (TPSA) is 75.7 Å². The van der Waals surface area contributed by atoms with E-state index in [1.165, 1.54) is 31.1 Å². The Morgan fingerprint density at radius 1 is 1.11 bits per heavy atom. The second-order valence-electron chi connectivity index (χ2n) is 5.87. The van der Waals surface area contributed by atoms with E-state index in [0.29, 0.717) is 11.3 Å². The van der Waals surface area contributed by atoms with E-state index >= 15 is 0 Å². The van der Waals surface area contributed by atoms with Crippen molar-refractivity contribution in [2.75, 3.05) is 18.6 Å². The first-order chi connectivity index (χ1) is 12.9. The zero-order chi connectivity index (χ0) is 19.8. The molecule has 6 nitrogen and oxygen atoms in total. The lowest BCUT2D eigenvalue weighted by atomic mass is 10.1. The molecule has 2 amide bonds. The highest BCUT2D eigenvalue weighted by atomic mass is 19.1. The number of carbonyl (C=O) groups excluding carboxylic acids is 3. The average Bonchev–Trinajstić information content (AvgIpc) is 2.67. The molecule has 0 fully saturated rings. The standard InChI is InChI=1S/C20H21FN2O4/c1-14(24)23(18-5-3-4-16(12-18)20(26)27-2)11-10-19(25)22-13-15-6-8-17(21)9-7-15/h3-9,12H,10-11,13H2,1-2H3,(H,22,25). The molecule has 1 N–H and O–H groups in total. The van der Waals surface area contributed by atoms with Crippen molar-refractivity contribution in [2.24, 2.45) is 0 Å². The van der Waals surface area contributed by atoms with Crippen molar-refractivity contribution in [3.8, 4) is 0 Å². The van der Waals surface area contributed by atoms with Gasteiger partial charge >= 0.3 is 5.97 Å². The van der Waals surface area contributed by atoms with Crippen molar-refractivity contribution in [1.82, 2.24) is 5.32 Å². The molecule has 0 bridgehead atoms. The second-order valence-corrected chi connectivity index (χ2v) is 5.87. The van der Waals surface area contributed by atoms with Crippen LogP contribution in [0.25, 0.3) is 0 Å². The van der Waals surface area contributed by atoms with Crippen LogP contribution >= 0.6 is 0 Å². The fraction of sp³-hybridized carbons (Fsp3) is 0.250. The third kappa shape index (κ3) is 5.91. The summed E-state index contributed by atoms with van der Waals surface area (Å²) in [5.74, 6) is -1.33. The Balaban J connectivity index is 1.96. The maximum absolute atomic E-state index is 12.9. The number of hydrogen-bond acceptors (Lipinski definition) is 4. The number of carbonyl (C=O) groups is 3. The largest absolute Gasteiger partial charge is 0.465 e. The van der Waals surface area contributed by atoms with E-state index in [9.17, 15) is 18.8 Å². The van der Waals surface area contributed by atoms with Gasteiger partial charge in [0.1, 0.15) is 5.82 Å². The predicted octanol–water partition coefficient (Wildman–Crippen LogP) is 2.67. The van der Waals surface area contributed by atoms with E-state index < -0.39 is 5.97 Å². The fourth-order valence-corrected chi connectivity index (χ4v) is 2.49. The van der Waals surface area contributed by atoms with E-state index in [2.05, 4.69) is 10.1 Å². The number of benzene rings is 2. The van der Waals surface area contributed by atoms with Crippen molar-refractivity contribution in [3.63, 3.8) is 0 Å². The van der Waals surface area contributed by atoms with Crippen LogP contribution in [0.15, 0.2) is 48.5 Å². The van der Waals surface area contributed by atoms with Gasteiger partial charge in [-0.15, -0.1) is 0 Å². The minimum atomic E-state index is -0.502. The summed E-state index contributed by atoms with van der Waals surface area (Å²) in [6.45, 7) is 1.83. The second kappa shape index (κ2) is 9.47. The van der Waals surface area contributed by atoms with Crippen molar-refractivity contribution in [2.45, 2.75) is 19.9 Å². The highest BCUT2D eigenvalue weighted by Crippen LogP contribution is 2.17. The van der Waals surface area contributed by atoms with E-state index in [1.807, 2.05) is 0 Å². The van der Waals surface area contributed by atoms with Gasteiger partial charge in [0.25, 0.3) is 0 Å². The molecule has 0 aliphatic carbocycles. The molecule has 7 heteroatoms. The Kier molecular flexibility index (Phi) is 7.05. The highest BCUT2D eigenvalue weighted by Gasteiger charge is 2.15. The molecule has 2 aromatic rings. The normalized spacial score (nSPS) is 10.2. The predicted molar refractivity (Wildman–Crippen MR) is 98.7 cm³/mol. The summed E-state index contributed by atoms with van der Waals surface area (Å²) in [5, 5.41) is 2.73. The van der Waals surface area contributed by atoms with Gasteiger partial charge in [0.05, 0.1) is 12.7 Å². The van der Waals surface area contributed by atoms with Gasteiger partial charge in [0.15, 0.2) is 0 Å². The molecule has 2 rings (SSSR count). The van der Waals surface area contributed by atoms with Crippen LogP contribution < -0.4 is 10.2 Å². The van der Waals surface area contributed by atoms with E-state index in [-0.39, 0.29) is 37.1 Å². The van der Waals surface area contributed by atoms with Gasteiger partial charge in [-0.2, -0.15) is 0 Å². The van der Waals surface area contributed by atoms with Gasteiger partial charge in [0, 0.05) is 32.1 Å². The molecule has 0 saturated carbocycles. The van der Waals surface area contributed by atoms with Gasteiger partial charge < -0.3 is 15.0 Å². The van der Waals surface area contributed by atoms with Crippen LogP contribution in [0, 0.1) is 5.82 Å². The Labute approximate surface area is 156 Å². The fourth-order valence-electron chi connectivity index (χ4n) is 2.49. The summed E-state index contributed by atoms with van der Waals surface area (Å²) in [4.78, 5) is 37.1. The number of amides is 2. The lowest BCUT2D eigenvalue weighted by molar-refractivity contribution is -0.121. The van der Waals surface area contributed by atoms with Gasteiger partial charge in [-0.25, -0.2) is 9.18 Å². The van der Waals surface area contributed by atoms with Crippen molar-refractivity contribution < 1.29 is 23.5 Å². The SMILES string of the molecule is COC(=O)c1cccc(N(CCC(=O)NCc2ccc(F)cc2)C(C)=O)c1. The van der Waals surface area contributed by atoms with Gasteiger partial charge in [0.2, 0.25) is 11.8 Å². The molecule has 0 unspecified atom stereocenters. The van der Waals surface area contributed by atoms with Gasteiger partial charge in [-0.1, -0.05) is 18.2 Å². The van der Waals surface area contributed by atoms with Crippen molar-refractivity contribution in [1.29, 1.82) is 0 Å². The Morgan fingerprint density at radius 2 is 1.81 bits per heavy atom. The molecule has 0 saturated heterocycles. The third-order valence-corrected chi connectivity index (χ3v) is 3.92. The minimum absolute atomic E-state index is 0.0865. The maximum Gasteiger partial charge on any atom is 0.337 e. The number of anilines is 1. The average molecular weight is 372 g/mol. The number of ether oxygens (including phenoxy) is 1. The molecule has 0 aliphatic heterocycles. The van der Waals surface area contributed by atoms with Crippen LogP contribution in [-0.4, -0.2) is 31.4 Å². The third-order valence-electron chi connectivity index (χ3n) is 3.92. The summed E-state index contributed by atoms with van der Waals surface area (Å²) >= 11 is 0. The Hall–Kier alpha value is -3.22. The minimum Gasteiger partial charge on any atom is -0.465 e. The summed E-state index contributed by atoms with van der Waals surface area (Å²) < 4.78 is 17.6. The van der Waals surface area contributed by atoms with E-state index in [1.54, 1.807) is 36.4 Å². The first-order valence-corrected chi connectivity index (χ1v) is 8.38. The molecule has 0 atom stereocenters. The number of rotatable bonds is 7. The quantitative estimate of drug-likeness (QED) is 0.758. The molecule has 142 valence electrons. The molecule has 0 heterocycles. The van der Waals surface area contributed by atoms with Crippen LogP contribution in [-0.2, 0) is 20.9 Å². The highest BCUT2D eigenvalue weighted by molar-refractivity contribution is 5.95. The monoisotopic (exact) mass is 372 g/mol. The smallest absolute Gasteiger partial charge is 0.337 e. The number of nitrogens with zero attached hydrogens (tertiary/aromatic N) is 1. The number of esters is 1.